The van der Waals surface area contributed by atoms with Crippen LogP contribution in [0.2, 0.25) is 0 Å². The molecule has 4 aliphatic heterocycles. The molecule has 0 spiro atoms. The van der Waals surface area contributed by atoms with E-state index >= 15 is 0 Å². The number of nitrogens with zero attached hydrogens (tertiary/aromatic N) is 2. The fourth-order valence-electron chi connectivity index (χ4n) is 5.21. The van der Waals surface area contributed by atoms with Crippen LogP contribution in [-0.4, -0.2) is 66.3 Å². The van der Waals surface area contributed by atoms with Crippen LogP contribution in [0.4, 0.5) is 0 Å². The second-order valence-electron chi connectivity index (χ2n) is 8.93. The highest BCUT2D eigenvalue weighted by Gasteiger charge is 2.39. The summed E-state index contributed by atoms with van der Waals surface area (Å²) in [7, 11) is 0. The van der Waals surface area contributed by atoms with Crippen molar-refractivity contribution in [1.82, 2.24) is 20.4 Å². The summed E-state index contributed by atoms with van der Waals surface area (Å²) < 4.78 is 0. The van der Waals surface area contributed by atoms with E-state index < -0.39 is 6.04 Å². The van der Waals surface area contributed by atoms with Crippen molar-refractivity contribution in [3.63, 3.8) is 0 Å². The molecule has 0 radical (unpaired) electrons. The van der Waals surface area contributed by atoms with Crippen molar-refractivity contribution in [2.75, 3.05) is 32.7 Å². The number of imide groups is 1. The van der Waals surface area contributed by atoms with Crippen LogP contribution in [0.3, 0.4) is 0 Å². The molecule has 5 rings (SSSR count). The van der Waals surface area contributed by atoms with Gasteiger partial charge in [0.25, 0.3) is 5.91 Å². The molecule has 7 heteroatoms. The monoisotopic (exact) mass is 396 g/mol. The van der Waals surface area contributed by atoms with E-state index in [1.165, 1.54) is 24.9 Å². The molecule has 3 amide bonds. The van der Waals surface area contributed by atoms with E-state index in [4.69, 9.17) is 0 Å². The number of hydrogen-bond acceptors (Lipinski definition) is 5. The SMILES string of the molecule is O=C1CCC(N2Cc3cc(C4CN(CC5CCNCC5)C4)ccc3C2=O)C(=O)N1. The third-order valence-electron chi connectivity index (χ3n) is 6.95. The lowest BCUT2D eigenvalue weighted by molar-refractivity contribution is -0.136. The first-order valence-electron chi connectivity index (χ1n) is 10.8. The zero-order valence-corrected chi connectivity index (χ0v) is 16.7. The molecular weight excluding hydrogens is 368 g/mol. The molecule has 0 aromatic heterocycles. The number of likely N-dealkylation sites (tertiary alicyclic amines) is 1. The van der Waals surface area contributed by atoms with Crippen LogP contribution < -0.4 is 10.6 Å². The molecule has 0 aliphatic carbocycles. The van der Waals surface area contributed by atoms with Crippen molar-refractivity contribution in [2.24, 2.45) is 5.92 Å². The summed E-state index contributed by atoms with van der Waals surface area (Å²) in [5.74, 6) is 0.646. The molecule has 3 fully saturated rings. The maximum absolute atomic E-state index is 12.8. The highest BCUT2D eigenvalue weighted by molar-refractivity contribution is 6.05. The van der Waals surface area contributed by atoms with Gasteiger partial charge in [0.2, 0.25) is 11.8 Å². The van der Waals surface area contributed by atoms with Crippen LogP contribution in [0.25, 0.3) is 0 Å². The van der Waals surface area contributed by atoms with Crippen molar-refractivity contribution in [2.45, 2.75) is 44.2 Å². The number of rotatable bonds is 4. The Balaban J connectivity index is 1.21. The zero-order chi connectivity index (χ0) is 20.0. The number of benzene rings is 1. The van der Waals surface area contributed by atoms with E-state index in [9.17, 15) is 14.4 Å². The minimum Gasteiger partial charge on any atom is -0.322 e. The summed E-state index contributed by atoms with van der Waals surface area (Å²) in [5.41, 5.74) is 3.00. The Morgan fingerprint density at radius 3 is 2.59 bits per heavy atom. The van der Waals surface area contributed by atoms with Crippen LogP contribution in [-0.2, 0) is 16.1 Å². The molecular formula is C22H28N4O3. The summed E-state index contributed by atoms with van der Waals surface area (Å²) in [6, 6.07) is 5.62. The first-order chi connectivity index (χ1) is 14.1. The van der Waals surface area contributed by atoms with E-state index in [1.807, 2.05) is 6.07 Å². The molecule has 3 saturated heterocycles. The van der Waals surface area contributed by atoms with Crippen LogP contribution in [0.5, 0.6) is 0 Å². The molecule has 0 saturated carbocycles. The lowest BCUT2D eigenvalue weighted by Gasteiger charge is -2.42. The number of carbonyl (C=O) groups excluding carboxylic acids is 3. The molecule has 1 atom stereocenters. The Labute approximate surface area is 170 Å². The summed E-state index contributed by atoms with van der Waals surface area (Å²) in [4.78, 5) is 40.6. The average Bonchev–Trinajstić information content (AvgIpc) is 3.01. The topological polar surface area (TPSA) is 81.8 Å². The van der Waals surface area contributed by atoms with Gasteiger partial charge in [-0.05, 0) is 55.5 Å². The number of nitrogens with one attached hydrogen (secondary N) is 2. The summed E-state index contributed by atoms with van der Waals surface area (Å²) in [5, 5.41) is 5.78. The zero-order valence-electron chi connectivity index (χ0n) is 16.7. The standard InChI is InChI=1S/C22H28N4O3/c27-20-4-3-19(21(28)24-20)26-13-16-9-15(1-2-18(16)22(26)29)17-11-25(12-17)10-14-5-7-23-8-6-14/h1-2,9,14,17,19,23H,3-8,10-13H2,(H,24,27,28). The molecule has 7 nitrogen and oxygen atoms in total. The van der Waals surface area contributed by atoms with Gasteiger partial charge in [0.1, 0.15) is 6.04 Å². The molecule has 154 valence electrons. The molecule has 1 unspecified atom stereocenters. The average molecular weight is 396 g/mol. The second-order valence-corrected chi connectivity index (χ2v) is 8.93. The van der Waals surface area contributed by atoms with E-state index in [1.54, 1.807) is 4.90 Å². The van der Waals surface area contributed by atoms with E-state index in [0.717, 1.165) is 37.7 Å². The van der Waals surface area contributed by atoms with Gasteiger partial charge in [-0.3, -0.25) is 19.7 Å². The number of hydrogen-bond donors (Lipinski definition) is 2. The summed E-state index contributed by atoms with van der Waals surface area (Å²) in [6.07, 6.45) is 3.25. The van der Waals surface area contributed by atoms with Crippen LogP contribution >= 0.6 is 0 Å². The Bertz CT molecular complexity index is 842. The second kappa shape index (κ2) is 7.54. The molecule has 2 N–H and O–H groups in total. The quantitative estimate of drug-likeness (QED) is 0.738. The highest BCUT2D eigenvalue weighted by atomic mass is 16.2. The van der Waals surface area contributed by atoms with Crippen molar-refractivity contribution < 1.29 is 14.4 Å². The number of carbonyl (C=O) groups is 3. The largest absolute Gasteiger partial charge is 0.322 e. The first-order valence-corrected chi connectivity index (χ1v) is 10.8. The Kier molecular flexibility index (Phi) is 4.87. The van der Waals surface area contributed by atoms with Crippen molar-refractivity contribution in [3.05, 3.63) is 34.9 Å². The van der Waals surface area contributed by atoms with Crippen molar-refractivity contribution in [1.29, 1.82) is 0 Å². The number of piperidine rings is 2. The normalized spacial score (nSPS) is 26.4. The summed E-state index contributed by atoms with van der Waals surface area (Å²) >= 11 is 0. The van der Waals surface area contributed by atoms with Gasteiger partial charge < -0.3 is 15.1 Å². The lowest BCUT2D eigenvalue weighted by atomic mass is 9.87. The molecule has 4 aliphatic rings. The van der Waals surface area contributed by atoms with Crippen LogP contribution in [0.15, 0.2) is 18.2 Å². The van der Waals surface area contributed by atoms with Gasteiger partial charge in [-0.2, -0.15) is 0 Å². The van der Waals surface area contributed by atoms with Gasteiger partial charge in [0.05, 0.1) is 0 Å². The Hall–Kier alpha value is -2.25. The first kappa shape index (κ1) is 18.8. The van der Waals surface area contributed by atoms with Crippen molar-refractivity contribution >= 4 is 17.7 Å². The van der Waals surface area contributed by atoms with Gasteiger partial charge in [-0.1, -0.05) is 12.1 Å². The number of fused-ring (bicyclic) bond motifs is 1. The smallest absolute Gasteiger partial charge is 0.255 e. The fraction of sp³-hybridized carbons (Fsp3) is 0.591. The predicted octanol–water partition coefficient (Wildman–Crippen LogP) is 0.846. The van der Waals surface area contributed by atoms with Gasteiger partial charge in [-0.15, -0.1) is 0 Å². The maximum atomic E-state index is 12.8. The molecule has 1 aromatic carbocycles. The minimum absolute atomic E-state index is 0.0952. The van der Waals surface area contributed by atoms with Gasteiger partial charge in [-0.25, -0.2) is 0 Å². The Morgan fingerprint density at radius 2 is 1.83 bits per heavy atom. The molecule has 0 bridgehead atoms. The number of amides is 3. The van der Waals surface area contributed by atoms with Gasteiger partial charge >= 0.3 is 0 Å². The Morgan fingerprint density at radius 1 is 1.03 bits per heavy atom. The van der Waals surface area contributed by atoms with Crippen LogP contribution in [0, 0.1) is 5.92 Å². The summed E-state index contributed by atoms with van der Waals surface area (Å²) in [6.45, 7) is 6.13. The highest BCUT2D eigenvalue weighted by Crippen LogP contribution is 2.33. The molecule has 4 heterocycles. The van der Waals surface area contributed by atoms with Crippen LogP contribution in [0.1, 0.15) is 53.1 Å². The minimum atomic E-state index is -0.541. The van der Waals surface area contributed by atoms with E-state index in [0.29, 0.717) is 24.4 Å². The van der Waals surface area contributed by atoms with Gasteiger partial charge in [0.15, 0.2) is 0 Å². The molecule has 29 heavy (non-hydrogen) atoms. The predicted molar refractivity (Wildman–Crippen MR) is 107 cm³/mol. The third-order valence-corrected chi connectivity index (χ3v) is 6.95. The fourth-order valence-corrected chi connectivity index (χ4v) is 5.21. The maximum Gasteiger partial charge on any atom is 0.255 e. The van der Waals surface area contributed by atoms with E-state index in [-0.39, 0.29) is 24.1 Å². The van der Waals surface area contributed by atoms with Crippen molar-refractivity contribution in [3.8, 4) is 0 Å². The van der Waals surface area contributed by atoms with E-state index in [2.05, 4.69) is 27.7 Å². The third kappa shape index (κ3) is 3.57. The van der Waals surface area contributed by atoms with Gasteiger partial charge in [0, 0.05) is 44.1 Å². The lowest BCUT2D eigenvalue weighted by Crippen LogP contribution is -2.52. The molecule has 1 aromatic rings.